The number of hydrogen-bond acceptors (Lipinski definition) is 0. The van der Waals surface area contributed by atoms with E-state index in [1.54, 1.807) is 0 Å². The van der Waals surface area contributed by atoms with Crippen LogP contribution in [0.4, 0.5) is 0 Å². The summed E-state index contributed by atoms with van der Waals surface area (Å²) in [5.74, 6) is 30.7. The SMILES string of the molecule is CC(C)C#CC(C)C.CC(C)C#CC(C)C(C)C.CC(C)C#CCC(C)C.CC(C)CC#CCC(C)C. The van der Waals surface area contributed by atoms with E-state index in [0.717, 1.165) is 37.0 Å². The minimum atomic E-state index is 0.515. The van der Waals surface area contributed by atoms with Crippen molar-refractivity contribution >= 4 is 0 Å². The second-order valence-corrected chi connectivity index (χ2v) is 12.7. The summed E-state index contributed by atoms with van der Waals surface area (Å²) in [6, 6.07) is 0. The predicted molar refractivity (Wildman–Crippen MR) is 173 cm³/mol. The molecule has 0 nitrogen and oxygen atoms in total. The molecule has 0 heterocycles. The first kappa shape index (κ1) is 42.3. The summed E-state index contributed by atoms with van der Waals surface area (Å²) in [5.41, 5.74) is 0. The molecule has 0 fully saturated rings. The lowest BCUT2D eigenvalue weighted by Gasteiger charge is -2.06. The molecule has 0 aromatic rings. The van der Waals surface area contributed by atoms with Gasteiger partial charge in [-0.15, -0.1) is 41.4 Å². The zero-order valence-electron chi connectivity index (χ0n) is 28.3. The van der Waals surface area contributed by atoms with Gasteiger partial charge in [0, 0.05) is 48.9 Å². The predicted octanol–water partition coefficient (Wildman–Crippen LogP) is 11.0. The molecule has 0 saturated carbocycles. The van der Waals surface area contributed by atoms with E-state index in [9.17, 15) is 0 Å². The monoisotopic (exact) mass is 511 g/mol. The van der Waals surface area contributed by atoms with Crippen molar-refractivity contribution in [1.29, 1.82) is 0 Å². The highest BCUT2D eigenvalue weighted by molar-refractivity contribution is 5.05. The van der Waals surface area contributed by atoms with Crippen LogP contribution in [-0.4, -0.2) is 0 Å². The maximum Gasteiger partial charge on any atom is 0.0197 e. The molecule has 0 amide bonds. The summed E-state index contributed by atoms with van der Waals surface area (Å²) >= 11 is 0. The van der Waals surface area contributed by atoms with Crippen LogP contribution in [0.3, 0.4) is 0 Å². The second-order valence-electron chi connectivity index (χ2n) is 12.7. The molecule has 214 valence electrons. The van der Waals surface area contributed by atoms with Crippen molar-refractivity contribution in [2.24, 2.45) is 53.3 Å². The largest absolute Gasteiger partial charge is 0.103 e. The molecule has 37 heavy (non-hydrogen) atoms. The van der Waals surface area contributed by atoms with Gasteiger partial charge >= 0.3 is 0 Å². The third-order valence-corrected chi connectivity index (χ3v) is 4.31. The smallest absolute Gasteiger partial charge is 0.0197 e. The van der Waals surface area contributed by atoms with Crippen LogP contribution in [-0.2, 0) is 0 Å². The van der Waals surface area contributed by atoms with Crippen molar-refractivity contribution in [3.8, 4) is 47.4 Å². The summed E-state index contributed by atoms with van der Waals surface area (Å²) in [7, 11) is 0. The van der Waals surface area contributed by atoms with Gasteiger partial charge in [-0.05, 0) is 23.7 Å². The average Bonchev–Trinajstić information content (AvgIpc) is 2.74. The summed E-state index contributed by atoms with van der Waals surface area (Å²) in [6.07, 6.45) is 3.14. The zero-order chi connectivity index (χ0) is 30.0. The van der Waals surface area contributed by atoms with Crippen LogP contribution in [0.25, 0.3) is 0 Å². The molecule has 1 atom stereocenters. The van der Waals surface area contributed by atoms with Crippen molar-refractivity contribution in [2.75, 3.05) is 0 Å². The van der Waals surface area contributed by atoms with E-state index < -0.39 is 0 Å². The molecule has 1 unspecified atom stereocenters. The average molecular weight is 511 g/mol. The highest BCUT2D eigenvalue weighted by Crippen LogP contribution is 2.07. The van der Waals surface area contributed by atoms with Crippen LogP contribution in [0.2, 0.25) is 0 Å². The normalized spacial score (nSPS) is 10.5. The molecule has 0 heteroatoms. The Hall–Kier alpha value is -1.76. The number of rotatable bonds is 4. The number of hydrogen-bond donors (Lipinski definition) is 0. The van der Waals surface area contributed by atoms with Gasteiger partial charge in [-0.3, -0.25) is 0 Å². The van der Waals surface area contributed by atoms with Crippen LogP contribution in [0.5, 0.6) is 0 Å². The van der Waals surface area contributed by atoms with Crippen LogP contribution in [0, 0.1) is 101 Å². The lowest BCUT2D eigenvalue weighted by Crippen LogP contribution is -2.00. The Kier molecular flexibility index (Phi) is 33.0. The van der Waals surface area contributed by atoms with Crippen molar-refractivity contribution in [1.82, 2.24) is 0 Å². The first-order valence-corrected chi connectivity index (χ1v) is 14.9. The third-order valence-electron chi connectivity index (χ3n) is 4.31. The molecule has 0 N–H and O–H groups in total. The fourth-order valence-electron chi connectivity index (χ4n) is 1.82. The summed E-state index contributed by atoms with van der Waals surface area (Å²) in [4.78, 5) is 0. The second kappa shape index (κ2) is 28.8. The van der Waals surface area contributed by atoms with E-state index in [4.69, 9.17) is 0 Å². The molecule has 0 radical (unpaired) electrons. The molecule has 0 aliphatic heterocycles. The minimum Gasteiger partial charge on any atom is -0.103 e. The lowest BCUT2D eigenvalue weighted by molar-refractivity contribution is 0.519. The van der Waals surface area contributed by atoms with Crippen molar-refractivity contribution in [2.45, 2.75) is 137 Å². The Labute approximate surface area is 237 Å². The Morgan fingerprint density at radius 3 is 0.838 bits per heavy atom. The molecular formula is C37H66. The topological polar surface area (TPSA) is 0 Å². The maximum absolute atomic E-state index is 3.23. The Morgan fingerprint density at radius 1 is 0.324 bits per heavy atom. The van der Waals surface area contributed by atoms with E-state index in [1.165, 1.54) is 0 Å². The molecule has 0 aliphatic rings. The lowest BCUT2D eigenvalue weighted by atomic mass is 9.98. The van der Waals surface area contributed by atoms with Gasteiger partial charge in [-0.1, -0.05) is 124 Å². The Balaban J connectivity index is -0.000000197. The van der Waals surface area contributed by atoms with Crippen LogP contribution >= 0.6 is 0 Å². The molecule has 0 aromatic heterocycles. The van der Waals surface area contributed by atoms with E-state index in [0.29, 0.717) is 35.5 Å². The molecule has 0 bridgehead atoms. The van der Waals surface area contributed by atoms with Gasteiger partial charge in [0.25, 0.3) is 0 Å². The first-order chi connectivity index (χ1) is 16.9. The van der Waals surface area contributed by atoms with Crippen molar-refractivity contribution in [3.05, 3.63) is 0 Å². The van der Waals surface area contributed by atoms with Crippen molar-refractivity contribution < 1.29 is 0 Å². The zero-order valence-corrected chi connectivity index (χ0v) is 28.3. The van der Waals surface area contributed by atoms with E-state index in [2.05, 4.69) is 165 Å². The molecule has 0 aromatic carbocycles. The van der Waals surface area contributed by atoms with Gasteiger partial charge in [-0.2, -0.15) is 0 Å². The van der Waals surface area contributed by atoms with E-state index in [1.807, 2.05) is 0 Å². The van der Waals surface area contributed by atoms with Crippen LogP contribution in [0.15, 0.2) is 0 Å². The summed E-state index contributed by atoms with van der Waals surface area (Å²) in [5, 5.41) is 0. The van der Waals surface area contributed by atoms with Crippen LogP contribution < -0.4 is 0 Å². The highest BCUT2D eigenvalue weighted by Gasteiger charge is 2.01. The van der Waals surface area contributed by atoms with Crippen molar-refractivity contribution in [3.63, 3.8) is 0 Å². The summed E-state index contributed by atoms with van der Waals surface area (Å²) in [6.45, 7) is 36.7. The summed E-state index contributed by atoms with van der Waals surface area (Å²) < 4.78 is 0. The van der Waals surface area contributed by atoms with Crippen LogP contribution in [0.1, 0.15) is 137 Å². The first-order valence-electron chi connectivity index (χ1n) is 14.9. The molecule has 0 spiro atoms. The maximum atomic E-state index is 3.23. The van der Waals surface area contributed by atoms with Gasteiger partial charge in [0.1, 0.15) is 0 Å². The van der Waals surface area contributed by atoms with Gasteiger partial charge < -0.3 is 0 Å². The van der Waals surface area contributed by atoms with Gasteiger partial charge in [0.05, 0.1) is 0 Å². The highest BCUT2D eigenvalue weighted by atomic mass is 14.0. The molecule has 0 aliphatic carbocycles. The fourth-order valence-corrected chi connectivity index (χ4v) is 1.82. The minimum absolute atomic E-state index is 0.515. The van der Waals surface area contributed by atoms with Gasteiger partial charge in [0.15, 0.2) is 0 Å². The van der Waals surface area contributed by atoms with E-state index >= 15 is 0 Å². The fraction of sp³-hybridized carbons (Fsp3) is 0.784. The molecule has 0 rings (SSSR count). The van der Waals surface area contributed by atoms with Gasteiger partial charge in [0.2, 0.25) is 0 Å². The van der Waals surface area contributed by atoms with E-state index in [-0.39, 0.29) is 0 Å². The van der Waals surface area contributed by atoms with Gasteiger partial charge in [-0.25, -0.2) is 0 Å². The standard InChI is InChI=1S/2C10H18.C9H16.C8H14/c1-8(2)6-7-10(5)9(3)4;1-9(2)7-5-6-8-10(3)4;1-8(2)6-5-7-9(3)4;1-7(2)5-6-8(3)4/h8-10H,1-5H3;9-10H,7-8H2,1-4H3;8-9H,6H2,1-4H3;7-8H,1-4H3. The Bertz CT molecular complexity index is 699. The molecule has 0 saturated heterocycles. The quantitative estimate of drug-likeness (QED) is 0.330. The molecular weight excluding hydrogens is 444 g/mol. The Morgan fingerprint density at radius 2 is 0.595 bits per heavy atom. The third kappa shape index (κ3) is 55.9.